The monoisotopic (exact) mass is 490 g/mol. The number of nitrogens with zero attached hydrogens (tertiary/aromatic N) is 2. The van der Waals surface area contributed by atoms with E-state index in [1.165, 1.54) is 0 Å². The van der Waals surface area contributed by atoms with E-state index in [-0.39, 0.29) is 17.3 Å². The number of benzene rings is 3. The Labute approximate surface area is 209 Å². The first-order chi connectivity index (χ1) is 16.9. The molecule has 0 atom stereocenters. The van der Waals surface area contributed by atoms with Gasteiger partial charge in [0.05, 0.1) is 18.2 Å². The van der Waals surface area contributed by atoms with Crippen LogP contribution in [0.25, 0.3) is 6.08 Å². The first kappa shape index (κ1) is 23.3. The van der Waals surface area contributed by atoms with Crippen molar-refractivity contribution in [1.82, 2.24) is 4.90 Å². The van der Waals surface area contributed by atoms with E-state index in [2.05, 4.69) is 15.9 Å². The summed E-state index contributed by atoms with van der Waals surface area (Å²) >= 11 is 6.16. The molecule has 3 aromatic rings. The Kier molecular flexibility index (Phi) is 6.41. The number of ether oxygens (including phenoxy) is 2. The second kappa shape index (κ2) is 9.64. The van der Waals surface area contributed by atoms with Gasteiger partial charge in [0.2, 0.25) is 5.78 Å². The summed E-state index contributed by atoms with van der Waals surface area (Å²) < 4.78 is 11.3. The number of phenols is 1. The molecule has 2 aliphatic heterocycles. The number of piperazine rings is 1. The largest absolute Gasteiger partial charge is 0.507 e. The normalized spacial score (nSPS) is 16.9. The lowest BCUT2D eigenvalue weighted by atomic mass is 9.99. The molecule has 6 nitrogen and oxygen atoms in total. The summed E-state index contributed by atoms with van der Waals surface area (Å²) in [5.74, 6) is 1.44. The van der Waals surface area contributed by atoms with Crippen molar-refractivity contribution in [2.24, 2.45) is 0 Å². The van der Waals surface area contributed by atoms with Crippen LogP contribution in [0.3, 0.4) is 0 Å². The summed E-state index contributed by atoms with van der Waals surface area (Å²) in [6, 6.07) is 17.0. The summed E-state index contributed by atoms with van der Waals surface area (Å²) in [6.07, 6.45) is 1.73. The number of carbonyl (C=O) groups is 1. The Hall–Kier alpha value is -3.48. The van der Waals surface area contributed by atoms with Crippen molar-refractivity contribution in [2.75, 3.05) is 38.2 Å². The quantitative estimate of drug-likeness (QED) is 0.490. The average molecular weight is 491 g/mol. The molecule has 7 heteroatoms. The fourth-order valence-corrected chi connectivity index (χ4v) is 4.83. The van der Waals surface area contributed by atoms with Gasteiger partial charge in [-0.25, -0.2) is 0 Å². The SMILES string of the molecule is COc1ccc(/C=C2\Oc3c(CN4CCN(c5cccc(Cl)c5)CC4)c(O)cc(C)c3C2=O)cc1. The van der Waals surface area contributed by atoms with Gasteiger partial charge in [0, 0.05) is 43.4 Å². The van der Waals surface area contributed by atoms with Crippen molar-refractivity contribution < 1.29 is 19.4 Å². The van der Waals surface area contributed by atoms with Crippen LogP contribution in [-0.4, -0.2) is 49.1 Å². The van der Waals surface area contributed by atoms with Crippen LogP contribution in [-0.2, 0) is 6.54 Å². The average Bonchev–Trinajstić information content (AvgIpc) is 3.18. The number of phenolic OH excluding ortho intramolecular Hbond substituents is 1. The molecule has 2 aliphatic rings. The topological polar surface area (TPSA) is 62.2 Å². The number of ketones is 1. The number of Topliss-reactive ketones (excluding diaryl/α,β-unsaturated/α-hetero) is 1. The van der Waals surface area contributed by atoms with Gasteiger partial charge in [-0.15, -0.1) is 0 Å². The molecule has 0 aromatic heterocycles. The maximum absolute atomic E-state index is 13.2. The van der Waals surface area contributed by atoms with E-state index in [9.17, 15) is 9.90 Å². The number of hydrogen-bond acceptors (Lipinski definition) is 6. The van der Waals surface area contributed by atoms with Crippen molar-refractivity contribution in [3.05, 3.63) is 87.6 Å². The summed E-state index contributed by atoms with van der Waals surface area (Å²) in [5, 5.41) is 11.5. The predicted molar refractivity (Wildman–Crippen MR) is 138 cm³/mol. The number of fused-ring (bicyclic) bond motifs is 1. The lowest BCUT2D eigenvalue weighted by molar-refractivity contribution is 0.101. The molecule has 5 rings (SSSR count). The molecule has 0 saturated carbocycles. The van der Waals surface area contributed by atoms with E-state index in [0.717, 1.165) is 48.2 Å². The zero-order chi connectivity index (χ0) is 24.5. The van der Waals surface area contributed by atoms with Crippen molar-refractivity contribution in [1.29, 1.82) is 0 Å². The Morgan fingerprint density at radius 3 is 2.51 bits per heavy atom. The van der Waals surface area contributed by atoms with Gasteiger partial charge in [0.25, 0.3) is 0 Å². The Bertz CT molecular complexity index is 1300. The number of carbonyl (C=O) groups excluding carboxylic acids is 1. The van der Waals surface area contributed by atoms with Crippen LogP contribution in [0.2, 0.25) is 5.02 Å². The molecule has 1 N–H and O–H groups in total. The van der Waals surface area contributed by atoms with Crippen molar-refractivity contribution in [2.45, 2.75) is 13.5 Å². The van der Waals surface area contributed by atoms with Crippen LogP contribution in [0.5, 0.6) is 17.2 Å². The van der Waals surface area contributed by atoms with Gasteiger partial charge in [-0.05, 0) is 60.5 Å². The van der Waals surface area contributed by atoms with E-state index in [4.69, 9.17) is 21.1 Å². The minimum Gasteiger partial charge on any atom is -0.507 e. The van der Waals surface area contributed by atoms with Gasteiger partial charge in [-0.1, -0.05) is 29.8 Å². The molecule has 0 bridgehead atoms. The molecule has 180 valence electrons. The van der Waals surface area contributed by atoms with E-state index in [0.29, 0.717) is 29.0 Å². The number of anilines is 1. The lowest BCUT2D eigenvalue weighted by Gasteiger charge is -2.36. The highest BCUT2D eigenvalue weighted by atomic mass is 35.5. The minimum atomic E-state index is -0.166. The number of allylic oxidation sites excluding steroid dienone is 1. The summed E-state index contributed by atoms with van der Waals surface area (Å²) in [6.45, 7) is 5.65. The molecule has 0 unspecified atom stereocenters. The molecule has 3 aromatic carbocycles. The fourth-order valence-electron chi connectivity index (χ4n) is 4.64. The van der Waals surface area contributed by atoms with Gasteiger partial charge < -0.3 is 19.5 Å². The molecular weight excluding hydrogens is 464 g/mol. The molecule has 0 aliphatic carbocycles. The second-order valence-corrected chi connectivity index (χ2v) is 9.29. The molecule has 1 fully saturated rings. The Morgan fingerprint density at radius 2 is 1.83 bits per heavy atom. The van der Waals surface area contributed by atoms with Crippen molar-refractivity contribution in [3.63, 3.8) is 0 Å². The predicted octanol–water partition coefficient (Wildman–Crippen LogP) is 5.30. The van der Waals surface area contributed by atoms with Gasteiger partial charge >= 0.3 is 0 Å². The van der Waals surface area contributed by atoms with Crippen LogP contribution in [0.4, 0.5) is 5.69 Å². The van der Waals surface area contributed by atoms with E-state index in [1.54, 1.807) is 19.3 Å². The lowest BCUT2D eigenvalue weighted by Crippen LogP contribution is -2.46. The third-order valence-corrected chi connectivity index (χ3v) is 6.80. The van der Waals surface area contributed by atoms with Gasteiger partial charge in [-0.3, -0.25) is 9.69 Å². The van der Waals surface area contributed by atoms with Crippen molar-refractivity contribution >= 4 is 29.1 Å². The van der Waals surface area contributed by atoms with Crippen LogP contribution in [0.15, 0.2) is 60.4 Å². The van der Waals surface area contributed by atoms with E-state index < -0.39 is 0 Å². The number of methoxy groups -OCH3 is 1. The minimum absolute atomic E-state index is 0.150. The van der Waals surface area contributed by atoms with Gasteiger partial charge in [-0.2, -0.15) is 0 Å². The highest BCUT2D eigenvalue weighted by molar-refractivity contribution is 6.30. The molecule has 35 heavy (non-hydrogen) atoms. The zero-order valence-electron chi connectivity index (χ0n) is 19.8. The van der Waals surface area contributed by atoms with E-state index in [1.807, 2.05) is 49.4 Å². The molecule has 1 saturated heterocycles. The Balaban J connectivity index is 1.35. The summed E-state index contributed by atoms with van der Waals surface area (Å²) in [7, 11) is 1.61. The second-order valence-electron chi connectivity index (χ2n) is 8.85. The summed E-state index contributed by atoms with van der Waals surface area (Å²) in [4.78, 5) is 17.8. The highest BCUT2D eigenvalue weighted by Gasteiger charge is 2.34. The first-order valence-electron chi connectivity index (χ1n) is 11.6. The van der Waals surface area contributed by atoms with Crippen LogP contribution in [0, 0.1) is 6.92 Å². The molecule has 2 heterocycles. The fraction of sp³-hybridized carbons (Fsp3) is 0.250. The maximum atomic E-state index is 13.2. The standard InChI is InChI=1S/C28H27ClN2O4/c1-18-14-24(32)23(17-30-10-12-31(13-11-30)21-5-3-4-20(29)16-21)28-26(18)27(33)25(35-28)15-19-6-8-22(34-2)9-7-19/h3-9,14-16,32H,10-13,17H2,1-2H3/b25-15-. The van der Waals surface area contributed by atoms with Crippen LogP contribution in [0.1, 0.15) is 27.0 Å². The first-order valence-corrected chi connectivity index (χ1v) is 12.0. The highest BCUT2D eigenvalue weighted by Crippen LogP contribution is 2.42. The number of aryl methyl sites for hydroxylation is 1. The smallest absolute Gasteiger partial charge is 0.232 e. The summed E-state index contributed by atoms with van der Waals surface area (Å²) in [5.41, 5.74) is 3.82. The molecule has 0 spiro atoms. The maximum Gasteiger partial charge on any atom is 0.232 e. The van der Waals surface area contributed by atoms with Gasteiger partial charge in [0.15, 0.2) is 5.76 Å². The van der Waals surface area contributed by atoms with Crippen LogP contribution < -0.4 is 14.4 Å². The number of halogens is 1. The number of aromatic hydroxyl groups is 1. The number of rotatable bonds is 5. The van der Waals surface area contributed by atoms with E-state index >= 15 is 0 Å². The Morgan fingerprint density at radius 1 is 1.09 bits per heavy atom. The van der Waals surface area contributed by atoms with Gasteiger partial charge in [0.1, 0.15) is 17.2 Å². The molecule has 0 radical (unpaired) electrons. The van der Waals surface area contributed by atoms with Crippen LogP contribution >= 0.6 is 11.6 Å². The van der Waals surface area contributed by atoms with Crippen molar-refractivity contribution in [3.8, 4) is 17.2 Å². The number of hydrogen-bond donors (Lipinski definition) is 1. The third-order valence-electron chi connectivity index (χ3n) is 6.56. The zero-order valence-corrected chi connectivity index (χ0v) is 20.5. The molecular formula is C28H27ClN2O4. The third kappa shape index (κ3) is 4.72. The molecule has 0 amide bonds.